The van der Waals surface area contributed by atoms with Crippen LogP contribution in [0.5, 0.6) is 0 Å². The molecule has 182 valence electrons. The third-order valence-corrected chi connectivity index (χ3v) is 7.89. The zero-order chi connectivity index (χ0) is 24.5. The van der Waals surface area contributed by atoms with E-state index in [1.807, 2.05) is 6.07 Å². The van der Waals surface area contributed by atoms with E-state index in [1.165, 1.54) is 25.0 Å². The molecule has 2 N–H and O–H groups in total. The summed E-state index contributed by atoms with van der Waals surface area (Å²) < 4.78 is 22.5. The molecule has 1 saturated carbocycles. The number of hydrogen-bond acceptors (Lipinski definition) is 7. The van der Waals surface area contributed by atoms with E-state index in [0.717, 1.165) is 43.0 Å². The van der Waals surface area contributed by atoms with Crippen LogP contribution in [0.2, 0.25) is 0 Å². The van der Waals surface area contributed by atoms with Gasteiger partial charge < -0.3 is 10.6 Å². The number of nitrogens with zero attached hydrogens (tertiary/aromatic N) is 5. The lowest BCUT2D eigenvalue weighted by molar-refractivity contribution is 0.227. The summed E-state index contributed by atoms with van der Waals surface area (Å²) in [6.07, 6.45) is 4.36. The van der Waals surface area contributed by atoms with Crippen LogP contribution in [-0.4, -0.2) is 30.2 Å². The van der Waals surface area contributed by atoms with Crippen LogP contribution in [0.3, 0.4) is 0 Å². The monoisotopic (exact) mass is 493 g/mol. The van der Waals surface area contributed by atoms with Crippen molar-refractivity contribution < 1.29 is 4.39 Å². The first-order chi connectivity index (χ1) is 16.6. The Morgan fingerprint density at radius 2 is 2.06 bits per heavy atom. The highest BCUT2D eigenvalue weighted by Gasteiger charge is 2.32. The Kier molecular flexibility index (Phi) is 4.92. The fourth-order valence-corrected chi connectivity index (χ4v) is 5.49. The van der Waals surface area contributed by atoms with Gasteiger partial charge >= 0.3 is 0 Å². The van der Waals surface area contributed by atoms with Gasteiger partial charge in [-0.25, -0.2) is 18.7 Å². The molecule has 1 aliphatic carbocycles. The zero-order valence-electron chi connectivity index (χ0n) is 20.2. The molecule has 4 heterocycles. The van der Waals surface area contributed by atoms with E-state index in [2.05, 4.69) is 46.0 Å². The minimum atomic E-state index is -1.51. The highest BCUT2D eigenvalue weighted by atomic mass is 32.1. The van der Waals surface area contributed by atoms with Crippen LogP contribution in [0.4, 0.5) is 16.0 Å². The number of alkyl halides is 1. The summed E-state index contributed by atoms with van der Waals surface area (Å²) in [5, 5.41) is 7.29. The molecule has 0 spiro atoms. The molecule has 35 heavy (non-hydrogen) atoms. The topological polar surface area (TPSA) is 89.7 Å². The van der Waals surface area contributed by atoms with Crippen molar-refractivity contribution in [3.05, 3.63) is 56.8 Å². The van der Waals surface area contributed by atoms with E-state index in [-0.39, 0.29) is 17.1 Å². The van der Waals surface area contributed by atoms with Crippen molar-refractivity contribution in [2.75, 3.05) is 11.9 Å². The Hall–Kier alpha value is -3.11. The summed E-state index contributed by atoms with van der Waals surface area (Å²) in [4.78, 5) is 22.9. The smallest absolute Gasteiger partial charge is 0.278 e. The van der Waals surface area contributed by atoms with Gasteiger partial charge in [-0.3, -0.25) is 4.79 Å². The van der Waals surface area contributed by atoms with Crippen LogP contribution in [0.25, 0.3) is 16.9 Å². The van der Waals surface area contributed by atoms with Crippen molar-refractivity contribution in [3.63, 3.8) is 0 Å². The first kappa shape index (κ1) is 22.4. The van der Waals surface area contributed by atoms with Crippen LogP contribution in [0.15, 0.2) is 35.3 Å². The van der Waals surface area contributed by atoms with E-state index in [9.17, 15) is 9.18 Å². The quantitative estimate of drug-likeness (QED) is 0.419. The number of aromatic nitrogens is 5. The lowest BCUT2D eigenvalue weighted by Gasteiger charge is -2.34. The molecule has 6 rings (SSSR count). The van der Waals surface area contributed by atoms with E-state index in [1.54, 1.807) is 21.6 Å². The van der Waals surface area contributed by atoms with E-state index < -0.39 is 5.67 Å². The third-order valence-electron chi connectivity index (χ3n) is 6.81. The van der Waals surface area contributed by atoms with Crippen molar-refractivity contribution in [2.24, 2.45) is 0 Å². The Balaban J connectivity index is 1.43. The molecule has 0 saturated heterocycles. The summed E-state index contributed by atoms with van der Waals surface area (Å²) in [5.74, 6) is 0.900. The van der Waals surface area contributed by atoms with E-state index >= 15 is 0 Å². The van der Waals surface area contributed by atoms with Crippen LogP contribution in [0.1, 0.15) is 62.6 Å². The predicted octanol–water partition coefficient (Wildman–Crippen LogP) is 4.70. The molecule has 2 aliphatic rings. The summed E-state index contributed by atoms with van der Waals surface area (Å²) in [6, 6.07) is 8.10. The maximum Gasteiger partial charge on any atom is 0.278 e. The van der Waals surface area contributed by atoms with Gasteiger partial charge in [-0.1, -0.05) is 6.07 Å². The van der Waals surface area contributed by atoms with Crippen molar-refractivity contribution in [1.82, 2.24) is 29.0 Å². The molecule has 0 amide bonds. The van der Waals surface area contributed by atoms with Gasteiger partial charge in [-0.15, -0.1) is 0 Å². The number of nitrogens with one attached hydrogen (secondary N) is 2. The maximum atomic E-state index is 14.6. The van der Waals surface area contributed by atoms with Crippen molar-refractivity contribution in [2.45, 2.75) is 64.2 Å². The standard InChI is InChI=1S/C25H28FN7OS/c1-24(2,26)19-12-20(31-35-19)33-21-17(22(34)32(33)16-6-7-16)13-27-23(30-21)29-15-5-8-18-14(11-15)9-10-28-25(18,3)4/h5,8,11-13,16,28H,6-7,9-10H2,1-4H3,(H,27,29,30). The second-order valence-electron chi connectivity index (χ2n) is 10.4. The van der Waals surface area contributed by atoms with Gasteiger partial charge in [0.05, 0.1) is 10.9 Å². The number of rotatable bonds is 5. The molecule has 0 unspecified atom stereocenters. The lowest BCUT2D eigenvalue weighted by Crippen LogP contribution is -2.42. The molecule has 1 aromatic carbocycles. The van der Waals surface area contributed by atoms with Gasteiger partial charge in [0, 0.05) is 23.5 Å². The fourth-order valence-electron chi connectivity index (χ4n) is 4.80. The van der Waals surface area contributed by atoms with Crippen LogP contribution in [0, 0.1) is 0 Å². The van der Waals surface area contributed by atoms with E-state index in [4.69, 9.17) is 4.98 Å². The molecular weight excluding hydrogens is 465 g/mol. The third kappa shape index (κ3) is 3.84. The summed E-state index contributed by atoms with van der Waals surface area (Å²) >= 11 is 1.10. The number of fused-ring (bicyclic) bond motifs is 2. The molecular formula is C25H28FN7OS. The van der Waals surface area contributed by atoms with Gasteiger partial charge in [0.1, 0.15) is 11.1 Å². The van der Waals surface area contributed by atoms with Gasteiger partial charge in [0.2, 0.25) is 5.95 Å². The van der Waals surface area contributed by atoms with Gasteiger partial charge in [-0.05, 0) is 88.3 Å². The van der Waals surface area contributed by atoms with Gasteiger partial charge in [-0.2, -0.15) is 9.36 Å². The highest BCUT2D eigenvalue weighted by molar-refractivity contribution is 7.06. The first-order valence-corrected chi connectivity index (χ1v) is 12.7. The molecule has 1 aliphatic heterocycles. The molecule has 0 bridgehead atoms. The second-order valence-corrected chi connectivity index (χ2v) is 11.2. The molecule has 8 nitrogen and oxygen atoms in total. The van der Waals surface area contributed by atoms with Gasteiger partial charge in [0.25, 0.3) is 5.56 Å². The minimum absolute atomic E-state index is 0.0656. The summed E-state index contributed by atoms with van der Waals surface area (Å²) in [5.41, 5.74) is 2.22. The molecule has 0 atom stereocenters. The Morgan fingerprint density at radius 3 is 2.77 bits per heavy atom. The van der Waals surface area contributed by atoms with Crippen molar-refractivity contribution >= 4 is 34.2 Å². The van der Waals surface area contributed by atoms with Gasteiger partial charge in [0.15, 0.2) is 11.5 Å². The first-order valence-electron chi connectivity index (χ1n) is 11.9. The average molecular weight is 494 g/mol. The minimum Gasteiger partial charge on any atom is -0.324 e. The lowest BCUT2D eigenvalue weighted by atomic mass is 9.85. The SMILES string of the molecule is CC(C)(F)c1cc(-n2c3nc(Nc4ccc5c(c4)CCNC5(C)C)ncc3c(=O)n2C2CC2)ns1. The predicted molar refractivity (Wildman–Crippen MR) is 136 cm³/mol. The normalized spacial score (nSPS) is 17.5. The number of benzene rings is 1. The maximum absolute atomic E-state index is 14.6. The van der Waals surface area contributed by atoms with Crippen LogP contribution in [-0.2, 0) is 17.6 Å². The van der Waals surface area contributed by atoms with Crippen molar-refractivity contribution in [3.8, 4) is 5.82 Å². The summed E-state index contributed by atoms with van der Waals surface area (Å²) in [7, 11) is 0. The average Bonchev–Trinajstić information content (AvgIpc) is 3.42. The van der Waals surface area contributed by atoms with E-state index in [0.29, 0.717) is 27.7 Å². The fraction of sp³-hybridized carbons (Fsp3) is 0.440. The number of hydrogen-bond donors (Lipinski definition) is 2. The molecule has 1 fully saturated rings. The highest BCUT2D eigenvalue weighted by Crippen LogP contribution is 2.37. The summed E-state index contributed by atoms with van der Waals surface area (Å²) in [6.45, 7) is 8.32. The molecule has 4 aromatic rings. The Morgan fingerprint density at radius 1 is 1.26 bits per heavy atom. The number of halogens is 1. The second kappa shape index (κ2) is 7.69. The number of anilines is 2. The van der Waals surface area contributed by atoms with Crippen LogP contribution >= 0.6 is 11.5 Å². The molecule has 3 aromatic heterocycles. The molecule has 10 heteroatoms. The largest absolute Gasteiger partial charge is 0.324 e. The zero-order valence-corrected chi connectivity index (χ0v) is 21.0. The Bertz CT molecular complexity index is 1510. The van der Waals surface area contributed by atoms with Crippen LogP contribution < -0.4 is 16.2 Å². The molecule has 0 radical (unpaired) electrons. The Labute approximate surface area is 206 Å². The van der Waals surface area contributed by atoms with Crippen molar-refractivity contribution in [1.29, 1.82) is 0 Å².